The Balaban J connectivity index is 1.52. The lowest BCUT2D eigenvalue weighted by atomic mass is 9.78. The number of benzene rings is 2. The van der Waals surface area contributed by atoms with E-state index in [1.165, 1.54) is 0 Å². The van der Waals surface area contributed by atoms with Gasteiger partial charge in [0.2, 0.25) is 11.8 Å². The third kappa shape index (κ3) is 7.53. The third-order valence-electron chi connectivity index (χ3n) is 7.69. The highest BCUT2D eigenvalue weighted by atomic mass is 16.5. The Morgan fingerprint density at radius 3 is 1.73 bits per heavy atom. The van der Waals surface area contributed by atoms with Crippen molar-refractivity contribution >= 4 is 11.8 Å². The largest absolute Gasteiger partial charge is 0.378 e. The predicted molar refractivity (Wildman–Crippen MR) is 145 cm³/mol. The molecule has 2 heterocycles. The van der Waals surface area contributed by atoms with E-state index in [1.54, 1.807) is 0 Å². The van der Waals surface area contributed by atoms with Crippen molar-refractivity contribution in [3.8, 4) is 0 Å². The molecule has 0 bridgehead atoms. The van der Waals surface area contributed by atoms with Gasteiger partial charge in [-0.1, -0.05) is 79.7 Å². The van der Waals surface area contributed by atoms with Crippen LogP contribution in [0.4, 0.5) is 0 Å². The van der Waals surface area contributed by atoms with Gasteiger partial charge in [0.15, 0.2) is 0 Å². The summed E-state index contributed by atoms with van der Waals surface area (Å²) in [6.45, 7) is 11.4. The van der Waals surface area contributed by atoms with Gasteiger partial charge in [0, 0.05) is 38.0 Å². The Morgan fingerprint density at radius 2 is 1.22 bits per heavy atom. The molecule has 0 unspecified atom stereocenters. The summed E-state index contributed by atoms with van der Waals surface area (Å²) in [6.07, 6.45) is 1.87. The summed E-state index contributed by atoms with van der Waals surface area (Å²) in [4.78, 5) is 31.2. The fourth-order valence-electron chi connectivity index (χ4n) is 5.34. The van der Waals surface area contributed by atoms with Crippen molar-refractivity contribution in [3.05, 3.63) is 83.9 Å². The zero-order valence-electron chi connectivity index (χ0n) is 22.0. The number of morpholine rings is 2. The Bertz CT molecular complexity index is 1010. The van der Waals surface area contributed by atoms with Crippen LogP contribution in [0, 0.1) is 17.8 Å². The van der Waals surface area contributed by atoms with Gasteiger partial charge in [-0.2, -0.15) is 0 Å². The van der Waals surface area contributed by atoms with Crippen LogP contribution >= 0.6 is 0 Å². The summed E-state index contributed by atoms with van der Waals surface area (Å²) < 4.78 is 11.0. The molecule has 2 aliphatic rings. The highest BCUT2D eigenvalue weighted by Gasteiger charge is 2.34. The second-order valence-electron chi connectivity index (χ2n) is 10.2. The monoisotopic (exact) mass is 504 g/mol. The summed E-state index contributed by atoms with van der Waals surface area (Å²) in [5.41, 5.74) is 3.24. The maximum absolute atomic E-state index is 13.7. The summed E-state index contributed by atoms with van der Waals surface area (Å²) >= 11 is 0. The van der Waals surface area contributed by atoms with Gasteiger partial charge in [-0.05, 0) is 36.3 Å². The van der Waals surface area contributed by atoms with E-state index in [1.807, 2.05) is 46.2 Å². The standard InChI is InChI=1S/C31H40N2O4/c1-24(21-28(22-26-9-5-3-6-10-26)30(34)32-13-17-36-18-14-32)25(2)29(23-27-11-7-4-8-12-27)31(35)33-15-19-37-20-16-33/h3-12,25,28-29H,1,13-23H2,2H3/t25-,28+,29+/m0/s1. The first-order chi connectivity index (χ1) is 18.0. The number of carbonyl (C=O) groups excluding carboxylic acids is 2. The average Bonchev–Trinajstić information content (AvgIpc) is 2.96. The van der Waals surface area contributed by atoms with Crippen molar-refractivity contribution in [2.24, 2.45) is 17.8 Å². The number of hydrogen-bond acceptors (Lipinski definition) is 4. The minimum atomic E-state index is -0.233. The molecule has 2 aromatic carbocycles. The number of hydrogen-bond donors (Lipinski definition) is 0. The molecule has 0 N–H and O–H groups in total. The molecule has 6 nitrogen and oxygen atoms in total. The van der Waals surface area contributed by atoms with Crippen LogP contribution in [0.15, 0.2) is 72.8 Å². The second-order valence-corrected chi connectivity index (χ2v) is 10.2. The van der Waals surface area contributed by atoms with Crippen molar-refractivity contribution in [1.82, 2.24) is 9.80 Å². The van der Waals surface area contributed by atoms with E-state index >= 15 is 0 Å². The SMILES string of the molecule is C=C(C[C@H](Cc1ccccc1)C(=O)N1CCOCC1)[C@H](C)[C@@H](Cc1ccccc1)C(=O)N1CCOCC1. The Morgan fingerprint density at radius 1 is 0.757 bits per heavy atom. The van der Waals surface area contributed by atoms with Gasteiger partial charge in [-0.15, -0.1) is 0 Å². The van der Waals surface area contributed by atoms with Crippen molar-refractivity contribution in [2.75, 3.05) is 52.6 Å². The van der Waals surface area contributed by atoms with E-state index in [9.17, 15) is 9.59 Å². The molecule has 4 rings (SSSR count). The molecule has 0 aliphatic carbocycles. The van der Waals surface area contributed by atoms with E-state index in [4.69, 9.17) is 9.47 Å². The van der Waals surface area contributed by atoms with Gasteiger partial charge in [-0.25, -0.2) is 0 Å². The summed E-state index contributed by atoms with van der Waals surface area (Å²) in [6, 6.07) is 20.4. The average molecular weight is 505 g/mol. The van der Waals surface area contributed by atoms with Crippen LogP contribution in [0.2, 0.25) is 0 Å². The number of carbonyl (C=O) groups is 2. The highest BCUT2D eigenvalue weighted by Crippen LogP contribution is 2.31. The van der Waals surface area contributed by atoms with Crippen molar-refractivity contribution in [3.63, 3.8) is 0 Å². The van der Waals surface area contributed by atoms with Gasteiger partial charge in [-0.3, -0.25) is 9.59 Å². The van der Waals surface area contributed by atoms with E-state index < -0.39 is 0 Å². The Hall–Kier alpha value is -2.96. The molecule has 2 amide bonds. The number of nitrogens with zero attached hydrogens (tertiary/aromatic N) is 2. The van der Waals surface area contributed by atoms with Crippen LogP contribution in [-0.2, 0) is 31.9 Å². The fraction of sp³-hybridized carbons (Fsp3) is 0.484. The maximum Gasteiger partial charge on any atom is 0.226 e. The van der Waals surface area contributed by atoms with Crippen LogP contribution in [-0.4, -0.2) is 74.2 Å². The van der Waals surface area contributed by atoms with Gasteiger partial charge >= 0.3 is 0 Å². The summed E-state index contributed by atoms with van der Waals surface area (Å²) in [7, 11) is 0. The van der Waals surface area contributed by atoms with Crippen LogP contribution in [0.5, 0.6) is 0 Å². The van der Waals surface area contributed by atoms with Crippen LogP contribution < -0.4 is 0 Å². The molecule has 198 valence electrons. The molecular formula is C31H40N2O4. The topological polar surface area (TPSA) is 59.1 Å². The number of allylic oxidation sites excluding steroid dienone is 1. The molecule has 0 spiro atoms. The zero-order chi connectivity index (χ0) is 26.0. The lowest BCUT2D eigenvalue weighted by Gasteiger charge is -2.35. The van der Waals surface area contributed by atoms with Crippen LogP contribution in [0.25, 0.3) is 0 Å². The molecule has 0 aromatic heterocycles. The number of rotatable bonds is 10. The highest BCUT2D eigenvalue weighted by molar-refractivity contribution is 5.81. The minimum Gasteiger partial charge on any atom is -0.378 e. The first-order valence-corrected chi connectivity index (χ1v) is 13.5. The second kappa shape index (κ2) is 13.5. The van der Waals surface area contributed by atoms with Gasteiger partial charge in [0.1, 0.15) is 0 Å². The lowest BCUT2D eigenvalue weighted by molar-refractivity contribution is -0.140. The van der Waals surface area contributed by atoms with Crippen LogP contribution in [0.3, 0.4) is 0 Å². The molecule has 2 aromatic rings. The maximum atomic E-state index is 13.7. The Kier molecular flexibility index (Phi) is 9.92. The first kappa shape index (κ1) is 27.1. The van der Waals surface area contributed by atoms with E-state index in [0.717, 1.165) is 16.7 Å². The first-order valence-electron chi connectivity index (χ1n) is 13.5. The zero-order valence-corrected chi connectivity index (χ0v) is 22.0. The normalized spacial score (nSPS) is 18.6. The van der Waals surface area contributed by atoms with Gasteiger partial charge < -0.3 is 19.3 Å². The molecule has 0 saturated carbocycles. The van der Waals surface area contributed by atoms with E-state index in [-0.39, 0.29) is 29.6 Å². The third-order valence-corrected chi connectivity index (χ3v) is 7.69. The Labute approximate surface area is 221 Å². The lowest BCUT2D eigenvalue weighted by Crippen LogP contribution is -2.46. The van der Waals surface area contributed by atoms with E-state index in [2.05, 4.69) is 37.8 Å². The molecule has 2 aliphatic heterocycles. The molecule has 3 atom stereocenters. The van der Waals surface area contributed by atoms with Crippen LogP contribution in [0.1, 0.15) is 24.5 Å². The van der Waals surface area contributed by atoms with Crippen molar-refractivity contribution < 1.29 is 19.1 Å². The summed E-state index contributed by atoms with van der Waals surface area (Å²) in [5.74, 6) is -0.207. The molecule has 2 fully saturated rings. The molecule has 2 saturated heterocycles. The minimum absolute atomic E-state index is 0.0636. The smallest absolute Gasteiger partial charge is 0.226 e. The van der Waals surface area contributed by atoms with Gasteiger partial charge in [0.25, 0.3) is 0 Å². The van der Waals surface area contributed by atoms with E-state index in [0.29, 0.717) is 71.9 Å². The predicted octanol–water partition coefficient (Wildman–Crippen LogP) is 4.00. The molecule has 37 heavy (non-hydrogen) atoms. The van der Waals surface area contributed by atoms with Crippen molar-refractivity contribution in [1.29, 1.82) is 0 Å². The molecule has 6 heteroatoms. The van der Waals surface area contributed by atoms with Gasteiger partial charge in [0.05, 0.1) is 26.4 Å². The quantitative estimate of drug-likeness (QED) is 0.459. The summed E-state index contributed by atoms with van der Waals surface area (Å²) in [5, 5.41) is 0. The number of amides is 2. The molecular weight excluding hydrogens is 464 g/mol. The fourth-order valence-corrected chi connectivity index (χ4v) is 5.34. The van der Waals surface area contributed by atoms with Crippen molar-refractivity contribution in [2.45, 2.75) is 26.2 Å². The number of ether oxygens (including phenoxy) is 2. The molecule has 0 radical (unpaired) electrons.